The van der Waals surface area contributed by atoms with E-state index in [-0.39, 0.29) is 0 Å². The van der Waals surface area contributed by atoms with E-state index in [0.29, 0.717) is 29.1 Å². The Morgan fingerprint density at radius 3 is 2.95 bits per heavy atom. The lowest BCUT2D eigenvalue weighted by molar-refractivity contribution is 0.0527. The SMILES string of the molecule is CCOC(=O)c1cccc(N)c1-c1cc2cncnc2cn1. The molecular formula is C16H14N4O2. The number of pyridine rings is 1. The normalized spacial score (nSPS) is 10.6. The Kier molecular flexibility index (Phi) is 3.65. The third-order valence-electron chi connectivity index (χ3n) is 3.24. The van der Waals surface area contributed by atoms with Crippen LogP contribution >= 0.6 is 0 Å². The summed E-state index contributed by atoms with van der Waals surface area (Å²) in [5, 5.41) is 0.825. The van der Waals surface area contributed by atoms with Crippen molar-refractivity contribution in [3.8, 4) is 11.3 Å². The molecule has 0 saturated heterocycles. The minimum Gasteiger partial charge on any atom is -0.462 e. The highest BCUT2D eigenvalue weighted by molar-refractivity contribution is 6.01. The Labute approximate surface area is 127 Å². The van der Waals surface area contributed by atoms with E-state index in [2.05, 4.69) is 15.0 Å². The first-order valence-corrected chi connectivity index (χ1v) is 6.82. The Balaban J connectivity index is 2.18. The molecule has 0 saturated carbocycles. The van der Waals surface area contributed by atoms with E-state index in [1.54, 1.807) is 37.5 Å². The zero-order chi connectivity index (χ0) is 15.5. The molecule has 0 unspecified atom stereocenters. The highest BCUT2D eigenvalue weighted by Crippen LogP contribution is 2.30. The molecule has 2 N–H and O–H groups in total. The lowest BCUT2D eigenvalue weighted by Gasteiger charge is -2.11. The van der Waals surface area contributed by atoms with Crippen molar-refractivity contribution in [1.29, 1.82) is 0 Å². The van der Waals surface area contributed by atoms with Crippen molar-refractivity contribution in [3.05, 3.63) is 48.5 Å². The molecule has 2 aromatic heterocycles. The van der Waals surface area contributed by atoms with E-state index in [1.807, 2.05) is 6.07 Å². The molecular weight excluding hydrogens is 280 g/mol. The first kappa shape index (κ1) is 13.9. The highest BCUT2D eigenvalue weighted by atomic mass is 16.5. The lowest BCUT2D eigenvalue weighted by Crippen LogP contribution is -2.08. The first-order chi connectivity index (χ1) is 10.7. The molecule has 110 valence electrons. The number of fused-ring (bicyclic) bond motifs is 1. The number of carbonyl (C=O) groups excluding carboxylic acids is 1. The number of anilines is 1. The zero-order valence-corrected chi connectivity index (χ0v) is 12.0. The van der Waals surface area contributed by atoms with E-state index in [0.717, 1.165) is 10.9 Å². The Morgan fingerprint density at radius 1 is 1.27 bits per heavy atom. The van der Waals surface area contributed by atoms with Gasteiger partial charge in [-0.15, -0.1) is 0 Å². The number of carbonyl (C=O) groups is 1. The highest BCUT2D eigenvalue weighted by Gasteiger charge is 2.17. The third-order valence-corrected chi connectivity index (χ3v) is 3.24. The van der Waals surface area contributed by atoms with Crippen molar-refractivity contribution in [3.63, 3.8) is 0 Å². The summed E-state index contributed by atoms with van der Waals surface area (Å²) in [6.07, 6.45) is 4.79. The molecule has 0 aliphatic heterocycles. The van der Waals surface area contributed by atoms with E-state index in [9.17, 15) is 4.79 Å². The van der Waals surface area contributed by atoms with Gasteiger partial charge in [0.1, 0.15) is 6.33 Å². The minimum atomic E-state index is -0.420. The number of esters is 1. The van der Waals surface area contributed by atoms with E-state index in [4.69, 9.17) is 10.5 Å². The van der Waals surface area contributed by atoms with Crippen LogP contribution in [0.1, 0.15) is 17.3 Å². The number of nitrogens with two attached hydrogens (primary N) is 1. The van der Waals surface area contributed by atoms with Crippen LogP contribution in [-0.4, -0.2) is 27.5 Å². The van der Waals surface area contributed by atoms with Gasteiger partial charge < -0.3 is 10.5 Å². The molecule has 6 nitrogen and oxygen atoms in total. The number of nitrogens with zero attached hydrogens (tertiary/aromatic N) is 3. The molecule has 6 heteroatoms. The number of nitrogen functional groups attached to an aromatic ring is 1. The molecule has 0 fully saturated rings. The fourth-order valence-corrected chi connectivity index (χ4v) is 2.26. The number of benzene rings is 1. The van der Waals surface area contributed by atoms with Crippen LogP contribution < -0.4 is 5.73 Å². The van der Waals surface area contributed by atoms with Crippen LogP contribution in [0.15, 0.2) is 43.0 Å². The monoisotopic (exact) mass is 294 g/mol. The molecule has 2 heterocycles. The maximum absolute atomic E-state index is 12.1. The zero-order valence-electron chi connectivity index (χ0n) is 12.0. The molecule has 3 rings (SSSR count). The molecule has 3 aromatic rings. The van der Waals surface area contributed by atoms with Crippen molar-refractivity contribution in [2.45, 2.75) is 6.92 Å². The molecule has 1 aromatic carbocycles. The van der Waals surface area contributed by atoms with Crippen LogP contribution in [0.2, 0.25) is 0 Å². The first-order valence-electron chi connectivity index (χ1n) is 6.82. The third kappa shape index (κ3) is 2.46. The minimum absolute atomic E-state index is 0.298. The Morgan fingerprint density at radius 2 is 2.14 bits per heavy atom. The van der Waals surface area contributed by atoms with Gasteiger partial charge in [-0.25, -0.2) is 14.8 Å². The van der Waals surface area contributed by atoms with Gasteiger partial charge in [0.25, 0.3) is 0 Å². The second-order valence-electron chi connectivity index (χ2n) is 4.64. The number of hydrogen-bond donors (Lipinski definition) is 1. The molecule has 0 spiro atoms. The predicted molar refractivity (Wildman–Crippen MR) is 83.1 cm³/mol. The molecule has 0 atom stereocenters. The summed E-state index contributed by atoms with van der Waals surface area (Å²) in [7, 11) is 0. The maximum atomic E-state index is 12.1. The number of ether oxygens (including phenoxy) is 1. The summed E-state index contributed by atoms with van der Waals surface area (Å²) < 4.78 is 5.09. The van der Waals surface area contributed by atoms with Crippen LogP contribution in [0.25, 0.3) is 22.2 Å². The smallest absolute Gasteiger partial charge is 0.338 e. The molecule has 0 radical (unpaired) electrons. The van der Waals surface area contributed by atoms with E-state index in [1.165, 1.54) is 6.33 Å². The summed E-state index contributed by atoms with van der Waals surface area (Å²) in [5.74, 6) is -0.420. The molecule has 0 aliphatic carbocycles. The summed E-state index contributed by atoms with van der Waals surface area (Å²) in [5.41, 5.74) is 8.79. The molecule has 0 aliphatic rings. The van der Waals surface area contributed by atoms with Gasteiger partial charge in [-0.1, -0.05) is 6.07 Å². The van der Waals surface area contributed by atoms with Gasteiger partial charge >= 0.3 is 5.97 Å². The topological polar surface area (TPSA) is 91.0 Å². The predicted octanol–water partition coefficient (Wildman–Crippen LogP) is 2.45. The quantitative estimate of drug-likeness (QED) is 0.589. The number of rotatable bonds is 3. The van der Waals surface area contributed by atoms with Gasteiger partial charge in [-0.05, 0) is 25.1 Å². The van der Waals surface area contributed by atoms with Gasteiger partial charge in [0.15, 0.2) is 0 Å². The van der Waals surface area contributed by atoms with E-state index < -0.39 is 5.97 Å². The second kappa shape index (κ2) is 5.77. The van der Waals surface area contributed by atoms with Crippen molar-refractivity contribution in [1.82, 2.24) is 15.0 Å². The van der Waals surface area contributed by atoms with Gasteiger partial charge in [-0.2, -0.15) is 0 Å². The largest absolute Gasteiger partial charge is 0.462 e. The van der Waals surface area contributed by atoms with Crippen molar-refractivity contribution < 1.29 is 9.53 Å². The van der Waals surface area contributed by atoms with Crippen LogP contribution in [-0.2, 0) is 4.74 Å². The van der Waals surface area contributed by atoms with Crippen LogP contribution in [0, 0.1) is 0 Å². The van der Waals surface area contributed by atoms with E-state index >= 15 is 0 Å². The van der Waals surface area contributed by atoms with Crippen LogP contribution in [0.5, 0.6) is 0 Å². The Hall–Kier alpha value is -3.02. The van der Waals surface area contributed by atoms with Gasteiger partial charge in [0.2, 0.25) is 0 Å². The van der Waals surface area contributed by atoms with Gasteiger partial charge in [-0.3, -0.25) is 4.98 Å². The average Bonchev–Trinajstić information content (AvgIpc) is 2.54. The van der Waals surface area contributed by atoms with Crippen molar-refractivity contribution in [2.24, 2.45) is 0 Å². The van der Waals surface area contributed by atoms with Gasteiger partial charge in [0, 0.05) is 22.8 Å². The van der Waals surface area contributed by atoms with Crippen molar-refractivity contribution in [2.75, 3.05) is 12.3 Å². The second-order valence-corrected chi connectivity index (χ2v) is 4.64. The summed E-state index contributed by atoms with van der Waals surface area (Å²) in [6.45, 7) is 2.06. The van der Waals surface area contributed by atoms with Crippen LogP contribution in [0.3, 0.4) is 0 Å². The fraction of sp³-hybridized carbons (Fsp3) is 0.125. The average molecular weight is 294 g/mol. The Bertz CT molecular complexity index is 848. The summed E-state index contributed by atoms with van der Waals surface area (Å²) >= 11 is 0. The van der Waals surface area contributed by atoms with Crippen molar-refractivity contribution >= 4 is 22.6 Å². The molecule has 0 amide bonds. The summed E-state index contributed by atoms with van der Waals surface area (Å²) in [6, 6.07) is 6.93. The lowest BCUT2D eigenvalue weighted by atomic mass is 10.0. The molecule has 22 heavy (non-hydrogen) atoms. The fourth-order valence-electron chi connectivity index (χ4n) is 2.26. The van der Waals surface area contributed by atoms with Crippen LogP contribution in [0.4, 0.5) is 5.69 Å². The molecule has 0 bridgehead atoms. The number of hydrogen-bond acceptors (Lipinski definition) is 6. The summed E-state index contributed by atoms with van der Waals surface area (Å²) in [4.78, 5) is 24.6. The van der Waals surface area contributed by atoms with Gasteiger partial charge in [0.05, 0.1) is 29.6 Å². The number of aromatic nitrogens is 3. The standard InChI is InChI=1S/C16H14N4O2/c1-2-22-16(21)11-4-3-5-12(17)15(11)13-6-10-7-18-9-20-14(10)8-19-13/h3-9H,2,17H2,1H3. The maximum Gasteiger partial charge on any atom is 0.338 e.